The van der Waals surface area contributed by atoms with Gasteiger partial charge in [0.15, 0.2) is 5.69 Å². The molecule has 0 spiro atoms. The van der Waals surface area contributed by atoms with Crippen LogP contribution in [0.3, 0.4) is 0 Å². The monoisotopic (exact) mass is 286 g/mol. The lowest BCUT2D eigenvalue weighted by atomic mass is 10.2. The molecule has 0 saturated heterocycles. The molecular weight excluding hydrogens is 279 g/mol. The maximum atomic E-state index is 13.7. The zero-order valence-electron chi connectivity index (χ0n) is 9.24. The van der Waals surface area contributed by atoms with Gasteiger partial charge in [-0.1, -0.05) is 22.9 Å². The number of hydrogen-bond acceptors (Lipinski definition) is 5. The summed E-state index contributed by atoms with van der Waals surface area (Å²) in [5, 5.41) is 0.780. The lowest BCUT2D eigenvalue weighted by molar-refractivity contribution is 0.0596. The van der Waals surface area contributed by atoms with Crippen LogP contribution in [0.1, 0.15) is 10.5 Å². The van der Waals surface area contributed by atoms with Crippen molar-refractivity contribution in [1.29, 1.82) is 0 Å². The van der Waals surface area contributed by atoms with Crippen molar-refractivity contribution in [3.05, 3.63) is 34.7 Å². The van der Waals surface area contributed by atoms with E-state index in [2.05, 4.69) is 9.72 Å². The summed E-state index contributed by atoms with van der Waals surface area (Å²) >= 11 is 6.67. The molecule has 4 nitrogen and oxygen atoms in total. The molecule has 0 fully saturated rings. The minimum atomic E-state index is -0.649. The molecule has 94 valence electrons. The Labute approximate surface area is 111 Å². The van der Waals surface area contributed by atoms with E-state index in [-0.39, 0.29) is 21.3 Å². The number of esters is 1. The summed E-state index contributed by atoms with van der Waals surface area (Å²) in [6.07, 6.45) is 0. The van der Waals surface area contributed by atoms with Crippen molar-refractivity contribution in [3.8, 4) is 10.6 Å². The van der Waals surface area contributed by atoms with Gasteiger partial charge in [-0.2, -0.15) is 0 Å². The number of carbonyl (C=O) groups is 1. The van der Waals surface area contributed by atoms with Crippen LogP contribution < -0.4 is 5.73 Å². The highest BCUT2D eigenvalue weighted by Gasteiger charge is 2.19. The number of methoxy groups -OCH3 is 1. The van der Waals surface area contributed by atoms with E-state index in [4.69, 9.17) is 17.3 Å². The van der Waals surface area contributed by atoms with E-state index < -0.39 is 11.8 Å². The number of hydrogen-bond donors (Lipinski definition) is 1. The Kier molecular flexibility index (Phi) is 3.49. The summed E-state index contributed by atoms with van der Waals surface area (Å²) in [6, 6.07) is 4.19. The van der Waals surface area contributed by atoms with Gasteiger partial charge in [0, 0.05) is 10.6 Å². The molecular formula is C11H8ClFN2O2S. The summed E-state index contributed by atoms with van der Waals surface area (Å²) < 4.78 is 18.2. The van der Waals surface area contributed by atoms with Crippen LogP contribution in [0.4, 0.5) is 9.39 Å². The molecule has 2 aromatic rings. The predicted molar refractivity (Wildman–Crippen MR) is 68.3 cm³/mol. The molecule has 2 N–H and O–H groups in total. The molecule has 1 heterocycles. The first-order valence-electron chi connectivity index (χ1n) is 4.83. The van der Waals surface area contributed by atoms with Crippen LogP contribution in [-0.2, 0) is 4.74 Å². The van der Waals surface area contributed by atoms with Gasteiger partial charge in [0.05, 0.1) is 7.11 Å². The standard InChI is InChI=1S/C11H8ClFN2O2S/c1-17-11(16)8-9(14)18-10(15-8)6-3-2-5(12)4-7(6)13/h2-4H,14H2,1H3. The van der Waals surface area contributed by atoms with Crippen LogP contribution in [0.2, 0.25) is 5.02 Å². The summed E-state index contributed by atoms with van der Waals surface area (Å²) in [7, 11) is 1.23. The Bertz CT molecular complexity index is 615. The number of halogens is 2. The molecule has 0 amide bonds. The van der Waals surface area contributed by atoms with E-state index >= 15 is 0 Å². The molecule has 0 radical (unpaired) electrons. The highest BCUT2D eigenvalue weighted by molar-refractivity contribution is 7.19. The highest BCUT2D eigenvalue weighted by atomic mass is 35.5. The lowest BCUT2D eigenvalue weighted by Crippen LogP contribution is -2.04. The van der Waals surface area contributed by atoms with Gasteiger partial charge in [-0.25, -0.2) is 14.2 Å². The quantitative estimate of drug-likeness (QED) is 0.862. The van der Waals surface area contributed by atoms with Crippen molar-refractivity contribution in [2.75, 3.05) is 12.8 Å². The number of rotatable bonds is 2. The van der Waals surface area contributed by atoms with Gasteiger partial charge < -0.3 is 10.5 Å². The fourth-order valence-corrected chi connectivity index (χ4v) is 2.36. The molecule has 2 rings (SSSR count). The van der Waals surface area contributed by atoms with Crippen molar-refractivity contribution < 1.29 is 13.9 Å². The van der Waals surface area contributed by atoms with E-state index in [0.29, 0.717) is 5.01 Å². The molecule has 18 heavy (non-hydrogen) atoms. The molecule has 0 aliphatic carbocycles. The maximum Gasteiger partial charge on any atom is 0.359 e. The zero-order chi connectivity index (χ0) is 13.3. The summed E-state index contributed by atoms with van der Waals surface area (Å²) in [5.41, 5.74) is 5.88. The minimum Gasteiger partial charge on any atom is -0.464 e. The molecule has 1 aromatic carbocycles. The van der Waals surface area contributed by atoms with E-state index in [0.717, 1.165) is 11.3 Å². The SMILES string of the molecule is COC(=O)c1nc(-c2ccc(Cl)cc2F)sc1N. The molecule has 0 bridgehead atoms. The van der Waals surface area contributed by atoms with E-state index in [1.165, 1.54) is 25.3 Å². The first-order chi connectivity index (χ1) is 8.52. The second-order valence-electron chi connectivity index (χ2n) is 3.35. The largest absolute Gasteiger partial charge is 0.464 e. The van der Waals surface area contributed by atoms with Crippen molar-refractivity contribution in [2.24, 2.45) is 0 Å². The topological polar surface area (TPSA) is 65.2 Å². The number of ether oxygens (including phenoxy) is 1. The van der Waals surface area contributed by atoms with E-state index in [9.17, 15) is 9.18 Å². The third-order valence-corrected chi connectivity index (χ3v) is 3.35. The fraction of sp³-hybridized carbons (Fsp3) is 0.0909. The van der Waals surface area contributed by atoms with Gasteiger partial charge in [0.25, 0.3) is 0 Å². The van der Waals surface area contributed by atoms with Crippen molar-refractivity contribution >= 4 is 33.9 Å². The van der Waals surface area contributed by atoms with Crippen molar-refractivity contribution in [1.82, 2.24) is 4.98 Å². The number of nitrogens with zero attached hydrogens (tertiary/aromatic N) is 1. The number of nitrogens with two attached hydrogens (primary N) is 1. The number of nitrogen functional groups attached to an aromatic ring is 1. The van der Waals surface area contributed by atoms with Crippen molar-refractivity contribution in [3.63, 3.8) is 0 Å². The van der Waals surface area contributed by atoms with Gasteiger partial charge in [-0.15, -0.1) is 0 Å². The summed E-state index contributed by atoms with van der Waals surface area (Å²) in [5.74, 6) is -1.17. The van der Waals surface area contributed by atoms with Crippen LogP contribution in [0, 0.1) is 5.82 Å². The molecule has 0 saturated carbocycles. The van der Waals surface area contributed by atoms with Gasteiger partial charge in [0.2, 0.25) is 0 Å². The molecule has 7 heteroatoms. The van der Waals surface area contributed by atoms with E-state index in [1.54, 1.807) is 0 Å². The normalized spacial score (nSPS) is 10.4. The summed E-state index contributed by atoms with van der Waals surface area (Å²) in [6.45, 7) is 0. The second kappa shape index (κ2) is 4.91. The third kappa shape index (κ3) is 2.30. The average Bonchev–Trinajstić information content (AvgIpc) is 2.70. The maximum absolute atomic E-state index is 13.7. The van der Waals surface area contributed by atoms with Crippen LogP contribution in [-0.4, -0.2) is 18.1 Å². The van der Waals surface area contributed by atoms with Crippen LogP contribution >= 0.6 is 22.9 Å². The Morgan fingerprint density at radius 1 is 1.56 bits per heavy atom. The summed E-state index contributed by atoms with van der Waals surface area (Å²) in [4.78, 5) is 15.3. The first-order valence-corrected chi connectivity index (χ1v) is 6.02. The first kappa shape index (κ1) is 12.8. The Balaban J connectivity index is 2.49. The molecule has 0 unspecified atom stereocenters. The Hall–Kier alpha value is -1.66. The number of aromatic nitrogens is 1. The third-order valence-electron chi connectivity index (χ3n) is 2.19. The molecule has 1 aromatic heterocycles. The fourth-order valence-electron chi connectivity index (χ4n) is 1.35. The van der Waals surface area contributed by atoms with Crippen LogP contribution in [0.5, 0.6) is 0 Å². The Morgan fingerprint density at radius 2 is 2.28 bits per heavy atom. The minimum absolute atomic E-state index is 0.00755. The molecule has 0 aliphatic heterocycles. The van der Waals surface area contributed by atoms with Crippen LogP contribution in [0.15, 0.2) is 18.2 Å². The number of carbonyl (C=O) groups excluding carboxylic acids is 1. The van der Waals surface area contributed by atoms with Crippen molar-refractivity contribution in [2.45, 2.75) is 0 Å². The smallest absolute Gasteiger partial charge is 0.359 e. The zero-order valence-corrected chi connectivity index (χ0v) is 10.8. The Morgan fingerprint density at radius 3 is 2.89 bits per heavy atom. The highest BCUT2D eigenvalue weighted by Crippen LogP contribution is 2.32. The van der Waals surface area contributed by atoms with Gasteiger partial charge in [-0.3, -0.25) is 0 Å². The second-order valence-corrected chi connectivity index (χ2v) is 4.81. The van der Waals surface area contributed by atoms with Crippen LogP contribution in [0.25, 0.3) is 10.6 Å². The number of benzene rings is 1. The van der Waals surface area contributed by atoms with Gasteiger partial charge in [-0.05, 0) is 18.2 Å². The van der Waals surface area contributed by atoms with Gasteiger partial charge in [0.1, 0.15) is 15.8 Å². The number of thiazole rings is 1. The molecule has 0 aliphatic rings. The average molecular weight is 287 g/mol. The van der Waals surface area contributed by atoms with E-state index in [1.807, 2.05) is 0 Å². The molecule has 0 atom stereocenters. The number of anilines is 1. The van der Waals surface area contributed by atoms with Gasteiger partial charge >= 0.3 is 5.97 Å². The lowest BCUT2D eigenvalue weighted by Gasteiger charge is -1.98. The predicted octanol–water partition coefficient (Wildman–Crippen LogP) is 2.97.